The van der Waals surface area contributed by atoms with Gasteiger partial charge in [-0.2, -0.15) is 0 Å². The summed E-state index contributed by atoms with van der Waals surface area (Å²) in [5, 5.41) is 16.4. The van der Waals surface area contributed by atoms with E-state index in [4.69, 9.17) is 14.7 Å². The Kier molecular flexibility index (Phi) is 6.53. The Morgan fingerprint density at radius 3 is 1.80 bits per heavy atom. The summed E-state index contributed by atoms with van der Waals surface area (Å²) in [5.41, 5.74) is 13.2. The molecule has 12 rings (SSSR count). The lowest BCUT2D eigenvalue weighted by Gasteiger charge is -2.13. The highest BCUT2D eigenvalue weighted by Gasteiger charge is 2.22. The molecule has 0 aliphatic rings. The van der Waals surface area contributed by atoms with Crippen molar-refractivity contribution >= 4 is 65.6 Å². The maximum Gasteiger partial charge on any atom is 0.160 e. The van der Waals surface area contributed by atoms with Crippen LogP contribution in [0.5, 0.6) is 0 Å². The summed E-state index contributed by atoms with van der Waals surface area (Å²) >= 11 is 0. The minimum atomic E-state index is 0.843. The zero-order valence-electron chi connectivity index (χ0n) is 30.0. The van der Waals surface area contributed by atoms with E-state index in [1.54, 1.807) is 0 Å². The average Bonchev–Trinajstić information content (AvgIpc) is 4.04. The van der Waals surface area contributed by atoms with Crippen molar-refractivity contribution in [2.75, 3.05) is 0 Å². The van der Waals surface area contributed by atoms with Crippen molar-refractivity contribution in [1.82, 2.24) is 24.1 Å². The van der Waals surface area contributed by atoms with Gasteiger partial charge in [0.25, 0.3) is 0 Å². The molecule has 0 N–H and O–H groups in total. The number of furan rings is 1. The Morgan fingerprint density at radius 1 is 0.393 bits per heavy atom. The minimum absolute atomic E-state index is 0.843. The van der Waals surface area contributed by atoms with E-state index in [2.05, 4.69) is 155 Å². The van der Waals surface area contributed by atoms with E-state index < -0.39 is 0 Å². The lowest BCUT2D eigenvalue weighted by molar-refractivity contribution is 0.671. The van der Waals surface area contributed by atoms with E-state index in [0.29, 0.717) is 0 Å². The van der Waals surface area contributed by atoms with Gasteiger partial charge in [-0.3, -0.25) is 0 Å². The van der Waals surface area contributed by atoms with Gasteiger partial charge >= 0.3 is 0 Å². The molecule has 0 radical (unpaired) electrons. The second-order valence-electron chi connectivity index (χ2n) is 14.3. The summed E-state index contributed by atoms with van der Waals surface area (Å²) in [6.07, 6.45) is 0. The lowest BCUT2D eigenvalue weighted by Crippen LogP contribution is -2.00. The lowest BCUT2D eigenvalue weighted by atomic mass is 10.0. The molecule has 0 unspecified atom stereocenters. The van der Waals surface area contributed by atoms with Crippen LogP contribution in [0, 0.1) is 0 Å². The molecule has 0 bridgehead atoms. The third-order valence-electron chi connectivity index (χ3n) is 11.2. The van der Waals surface area contributed by atoms with E-state index in [0.717, 1.165) is 89.0 Å². The molecular formula is C50H31N5O. The second-order valence-corrected chi connectivity index (χ2v) is 14.3. The molecular weight excluding hydrogens is 687 g/mol. The summed E-state index contributed by atoms with van der Waals surface area (Å²) in [6, 6.07) is 66.2. The first-order valence-corrected chi connectivity index (χ1v) is 18.8. The van der Waals surface area contributed by atoms with Crippen molar-refractivity contribution in [2.24, 2.45) is 0 Å². The van der Waals surface area contributed by atoms with Crippen molar-refractivity contribution in [1.29, 1.82) is 0 Å². The van der Waals surface area contributed by atoms with Crippen LogP contribution in [0.1, 0.15) is 0 Å². The van der Waals surface area contributed by atoms with Gasteiger partial charge in [-0.25, -0.2) is 4.68 Å². The monoisotopic (exact) mass is 717 g/mol. The zero-order valence-corrected chi connectivity index (χ0v) is 30.0. The van der Waals surface area contributed by atoms with Gasteiger partial charge in [-0.1, -0.05) is 127 Å². The highest BCUT2D eigenvalue weighted by Crippen LogP contribution is 2.42. The van der Waals surface area contributed by atoms with E-state index in [-0.39, 0.29) is 0 Å². The van der Waals surface area contributed by atoms with Crippen LogP contribution in [0.4, 0.5) is 0 Å². The first kappa shape index (κ1) is 30.7. The predicted octanol–water partition coefficient (Wildman–Crippen LogP) is 12.7. The molecule has 0 saturated heterocycles. The van der Waals surface area contributed by atoms with Gasteiger partial charge in [0.15, 0.2) is 5.58 Å². The molecule has 0 atom stereocenters. The minimum Gasteiger partial charge on any atom is -0.454 e. The third-order valence-corrected chi connectivity index (χ3v) is 11.2. The zero-order chi connectivity index (χ0) is 36.7. The van der Waals surface area contributed by atoms with Gasteiger partial charge in [0.05, 0.1) is 27.8 Å². The number of rotatable bonds is 5. The van der Waals surface area contributed by atoms with Crippen LogP contribution in [0.2, 0.25) is 0 Å². The van der Waals surface area contributed by atoms with Crippen LogP contribution in [0.15, 0.2) is 192 Å². The van der Waals surface area contributed by atoms with E-state index >= 15 is 0 Å². The highest BCUT2D eigenvalue weighted by molar-refractivity contribution is 6.21. The van der Waals surface area contributed by atoms with Crippen LogP contribution >= 0.6 is 0 Å². The number of hydrogen-bond acceptors (Lipinski definition) is 3. The summed E-state index contributed by atoms with van der Waals surface area (Å²) in [5.74, 6) is 0. The molecule has 6 heteroatoms. The van der Waals surface area contributed by atoms with Crippen LogP contribution < -0.4 is 0 Å². The Balaban J connectivity index is 1.09. The summed E-state index contributed by atoms with van der Waals surface area (Å²) in [7, 11) is 0. The van der Waals surface area contributed by atoms with Crippen molar-refractivity contribution in [3.63, 3.8) is 0 Å². The van der Waals surface area contributed by atoms with Gasteiger partial charge in [-0.15, -0.1) is 5.10 Å². The first-order valence-electron chi connectivity index (χ1n) is 18.8. The van der Waals surface area contributed by atoms with Crippen LogP contribution in [-0.4, -0.2) is 24.1 Å². The molecule has 4 aromatic heterocycles. The van der Waals surface area contributed by atoms with Gasteiger partial charge in [-0.05, 0) is 66.7 Å². The predicted molar refractivity (Wildman–Crippen MR) is 228 cm³/mol. The summed E-state index contributed by atoms with van der Waals surface area (Å²) in [6.45, 7) is 0. The van der Waals surface area contributed by atoms with Crippen LogP contribution in [-0.2, 0) is 0 Å². The maximum absolute atomic E-state index is 6.65. The van der Waals surface area contributed by atoms with Crippen molar-refractivity contribution < 1.29 is 4.42 Å². The average molecular weight is 718 g/mol. The molecule has 6 nitrogen and oxygen atoms in total. The van der Waals surface area contributed by atoms with Crippen molar-refractivity contribution in [2.45, 2.75) is 0 Å². The number of nitrogens with zero attached hydrogens (tertiary/aromatic N) is 5. The molecule has 0 spiro atoms. The number of aromatic nitrogens is 5. The fourth-order valence-corrected chi connectivity index (χ4v) is 8.75. The van der Waals surface area contributed by atoms with Crippen molar-refractivity contribution in [3.8, 4) is 39.6 Å². The van der Waals surface area contributed by atoms with Gasteiger partial charge in [0.2, 0.25) is 0 Å². The fourth-order valence-electron chi connectivity index (χ4n) is 8.75. The third kappa shape index (κ3) is 4.44. The molecule has 0 fully saturated rings. The van der Waals surface area contributed by atoms with Gasteiger partial charge in [0, 0.05) is 54.8 Å². The quantitative estimate of drug-likeness (QED) is 0.178. The van der Waals surface area contributed by atoms with Crippen molar-refractivity contribution in [3.05, 3.63) is 188 Å². The Hall–Kier alpha value is -7.70. The molecule has 0 aliphatic heterocycles. The standard InChI is InChI=1S/C50H31N5O/c1-3-14-32(15-4-1)47-48(55(52-51-47)34-16-5-2-6-17-34)33-26-29-45-42(30-33)38-21-8-10-23-43(38)53(45)35-18-13-19-36(31-35)54-44-24-11-7-20-37(44)40-27-28-41-39-22-9-12-25-46(39)56-50(41)49(40)54/h1-31H. The van der Waals surface area contributed by atoms with Gasteiger partial charge in [0.1, 0.15) is 17.0 Å². The van der Waals surface area contributed by atoms with E-state index in [9.17, 15) is 0 Å². The highest BCUT2D eigenvalue weighted by atomic mass is 16.3. The molecule has 8 aromatic carbocycles. The topological polar surface area (TPSA) is 53.7 Å². The largest absolute Gasteiger partial charge is 0.454 e. The molecule has 0 aliphatic carbocycles. The number of fused-ring (bicyclic) bond motifs is 10. The number of para-hydroxylation sites is 4. The van der Waals surface area contributed by atoms with Gasteiger partial charge < -0.3 is 13.6 Å². The smallest absolute Gasteiger partial charge is 0.160 e. The molecule has 0 saturated carbocycles. The normalized spacial score (nSPS) is 11.9. The fraction of sp³-hybridized carbons (Fsp3) is 0. The SMILES string of the molecule is c1ccc(-c2nnn(-c3ccccc3)c2-c2ccc3c(c2)c2ccccc2n3-c2cccc(-n3c4ccccc4c4ccc5c6ccccc6oc5c43)c2)cc1. The molecule has 56 heavy (non-hydrogen) atoms. The number of hydrogen-bond donors (Lipinski definition) is 0. The van der Waals surface area contributed by atoms with E-state index in [1.165, 1.54) is 16.2 Å². The maximum atomic E-state index is 6.65. The summed E-state index contributed by atoms with van der Waals surface area (Å²) in [4.78, 5) is 0. The first-order chi connectivity index (χ1) is 27.8. The molecule has 12 aromatic rings. The van der Waals surface area contributed by atoms with Crippen LogP contribution in [0.25, 0.3) is 105 Å². The Morgan fingerprint density at radius 2 is 1.00 bits per heavy atom. The molecule has 262 valence electrons. The molecule has 4 heterocycles. The number of benzene rings is 8. The van der Waals surface area contributed by atoms with Crippen LogP contribution in [0.3, 0.4) is 0 Å². The Labute approximate surface area is 320 Å². The van der Waals surface area contributed by atoms with E-state index in [1.807, 2.05) is 47.1 Å². The summed E-state index contributed by atoms with van der Waals surface area (Å²) < 4.78 is 13.4. The molecule has 0 amide bonds. The Bertz CT molecular complexity index is 3420. The second kappa shape index (κ2) is 11.9.